The molecule has 1 aliphatic heterocycles. The van der Waals surface area contributed by atoms with Crippen LogP contribution in [0.1, 0.15) is 25.3 Å². The van der Waals surface area contributed by atoms with Gasteiger partial charge in [-0.25, -0.2) is 4.39 Å². The molecule has 0 unspecified atom stereocenters. The van der Waals surface area contributed by atoms with Crippen molar-refractivity contribution in [2.24, 2.45) is 5.92 Å². The van der Waals surface area contributed by atoms with E-state index in [1.165, 1.54) is 25.3 Å². The number of rotatable bonds is 4. The van der Waals surface area contributed by atoms with Crippen molar-refractivity contribution in [3.8, 4) is 5.75 Å². The summed E-state index contributed by atoms with van der Waals surface area (Å²) in [6.45, 7) is 2.28. The molecular weight excluding hydrogens is 289 g/mol. The van der Waals surface area contributed by atoms with Gasteiger partial charge in [0.1, 0.15) is 11.6 Å². The first kappa shape index (κ1) is 16.3. The lowest BCUT2D eigenvalue weighted by molar-refractivity contribution is -0.148. The number of ether oxygens (including phenoxy) is 1. The van der Waals surface area contributed by atoms with Crippen LogP contribution in [0.2, 0.25) is 0 Å². The standard InChI is InChI=1S/C16H20FNO4/c1-10-13(16(20)21)4-3-7-18(10)15(19)9-11-8-12(17)5-6-14(11)22-2/h5-6,8,10,13H,3-4,7,9H2,1-2H3,(H,20,21)/t10-,13-/m0/s1. The maximum absolute atomic E-state index is 13.4. The first-order valence-electron chi connectivity index (χ1n) is 7.28. The summed E-state index contributed by atoms with van der Waals surface area (Å²) in [5.74, 6) is -1.62. The molecule has 0 aliphatic carbocycles. The van der Waals surface area contributed by atoms with Gasteiger partial charge in [0.2, 0.25) is 5.91 Å². The van der Waals surface area contributed by atoms with Crippen molar-refractivity contribution < 1.29 is 23.8 Å². The maximum atomic E-state index is 13.4. The summed E-state index contributed by atoms with van der Waals surface area (Å²) in [6.07, 6.45) is 1.23. The van der Waals surface area contributed by atoms with Gasteiger partial charge in [-0.1, -0.05) is 0 Å². The van der Waals surface area contributed by atoms with Crippen LogP contribution in [0.15, 0.2) is 18.2 Å². The molecule has 22 heavy (non-hydrogen) atoms. The molecule has 1 aromatic carbocycles. The molecule has 2 rings (SSSR count). The predicted molar refractivity (Wildman–Crippen MR) is 78.2 cm³/mol. The highest BCUT2D eigenvalue weighted by molar-refractivity contribution is 5.81. The fraction of sp³-hybridized carbons (Fsp3) is 0.500. The first-order valence-corrected chi connectivity index (χ1v) is 7.28. The third-order valence-corrected chi connectivity index (χ3v) is 4.21. The number of carboxylic acid groups (broad SMARTS) is 1. The van der Waals surface area contributed by atoms with Gasteiger partial charge in [-0.15, -0.1) is 0 Å². The Morgan fingerprint density at radius 1 is 1.45 bits per heavy atom. The summed E-state index contributed by atoms with van der Waals surface area (Å²) in [7, 11) is 1.46. The predicted octanol–water partition coefficient (Wildman–Crippen LogP) is 2.09. The van der Waals surface area contributed by atoms with Crippen LogP contribution in [0.3, 0.4) is 0 Å². The number of aliphatic carboxylic acids is 1. The summed E-state index contributed by atoms with van der Waals surface area (Å²) in [4.78, 5) is 25.3. The molecule has 1 saturated heterocycles. The number of methoxy groups -OCH3 is 1. The Morgan fingerprint density at radius 2 is 2.18 bits per heavy atom. The van der Waals surface area contributed by atoms with E-state index >= 15 is 0 Å². The molecule has 0 spiro atoms. The molecule has 1 aliphatic rings. The van der Waals surface area contributed by atoms with Crippen molar-refractivity contribution in [3.63, 3.8) is 0 Å². The molecule has 0 saturated carbocycles. The van der Waals surface area contributed by atoms with Crippen LogP contribution in [0, 0.1) is 11.7 Å². The van der Waals surface area contributed by atoms with Crippen molar-refractivity contribution in [2.75, 3.05) is 13.7 Å². The smallest absolute Gasteiger partial charge is 0.308 e. The monoisotopic (exact) mass is 309 g/mol. The number of piperidine rings is 1. The maximum Gasteiger partial charge on any atom is 0.308 e. The third-order valence-electron chi connectivity index (χ3n) is 4.21. The van der Waals surface area contributed by atoms with E-state index < -0.39 is 17.7 Å². The number of carbonyl (C=O) groups excluding carboxylic acids is 1. The topological polar surface area (TPSA) is 66.8 Å². The first-order chi connectivity index (χ1) is 10.4. The summed E-state index contributed by atoms with van der Waals surface area (Å²) in [6, 6.07) is 3.67. The largest absolute Gasteiger partial charge is 0.496 e. The van der Waals surface area contributed by atoms with Crippen molar-refractivity contribution >= 4 is 11.9 Å². The zero-order valence-electron chi connectivity index (χ0n) is 12.7. The van der Waals surface area contributed by atoms with Gasteiger partial charge in [-0.2, -0.15) is 0 Å². The minimum absolute atomic E-state index is 0.00237. The Hall–Kier alpha value is -2.11. The Balaban J connectivity index is 2.15. The van der Waals surface area contributed by atoms with Crippen molar-refractivity contribution in [2.45, 2.75) is 32.2 Å². The number of amides is 1. The number of carboxylic acids is 1. The Kier molecular flexibility index (Phi) is 5.00. The Labute approximate surface area is 128 Å². The summed E-state index contributed by atoms with van der Waals surface area (Å²) in [5, 5.41) is 9.21. The van der Waals surface area contributed by atoms with Gasteiger partial charge in [0.25, 0.3) is 0 Å². The second kappa shape index (κ2) is 6.77. The van der Waals surface area contributed by atoms with E-state index in [9.17, 15) is 19.1 Å². The van der Waals surface area contributed by atoms with E-state index in [1.54, 1.807) is 11.8 Å². The SMILES string of the molecule is COc1ccc(F)cc1CC(=O)N1CCC[C@H](C(=O)O)[C@@H]1C. The quantitative estimate of drug-likeness (QED) is 0.925. The molecule has 0 bridgehead atoms. The number of likely N-dealkylation sites (tertiary alicyclic amines) is 1. The highest BCUT2D eigenvalue weighted by Gasteiger charge is 2.35. The molecule has 0 aromatic heterocycles. The van der Waals surface area contributed by atoms with E-state index in [-0.39, 0.29) is 18.4 Å². The Morgan fingerprint density at radius 3 is 2.82 bits per heavy atom. The third kappa shape index (κ3) is 3.37. The molecule has 5 nitrogen and oxygen atoms in total. The van der Waals surface area contributed by atoms with Gasteiger partial charge < -0.3 is 14.7 Å². The summed E-state index contributed by atoms with van der Waals surface area (Å²) in [5.41, 5.74) is 0.470. The fourth-order valence-corrected chi connectivity index (χ4v) is 2.98. The van der Waals surface area contributed by atoms with Crippen LogP contribution in [0.25, 0.3) is 0 Å². The zero-order chi connectivity index (χ0) is 16.3. The van der Waals surface area contributed by atoms with E-state index in [0.29, 0.717) is 30.7 Å². The van der Waals surface area contributed by atoms with Gasteiger partial charge in [-0.3, -0.25) is 9.59 Å². The minimum atomic E-state index is -0.881. The number of halogens is 1. The molecule has 0 radical (unpaired) electrons. The normalized spacial score (nSPS) is 21.5. The van der Waals surface area contributed by atoms with Crippen molar-refractivity contribution in [1.82, 2.24) is 4.90 Å². The van der Waals surface area contributed by atoms with E-state index in [1.807, 2.05) is 0 Å². The lowest BCUT2D eigenvalue weighted by Gasteiger charge is -2.37. The summed E-state index contributed by atoms with van der Waals surface area (Å²) < 4.78 is 18.5. The second-order valence-corrected chi connectivity index (χ2v) is 5.55. The van der Waals surface area contributed by atoms with E-state index in [2.05, 4.69) is 0 Å². The molecule has 1 N–H and O–H groups in total. The minimum Gasteiger partial charge on any atom is -0.496 e. The van der Waals surface area contributed by atoms with Crippen LogP contribution in [-0.4, -0.2) is 41.6 Å². The van der Waals surface area contributed by atoms with Gasteiger partial charge in [0.05, 0.1) is 19.4 Å². The van der Waals surface area contributed by atoms with E-state index in [0.717, 1.165) is 0 Å². The lowest BCUT2D eigenvalue weighted by Crippen LogP contribution is -2.49. The molecule has 1 heterocycles. The number of carbonyl (C=O) groups is 2. The Bertz CT molecular complexity index is 575. The van der Waals surface area contributed by atoms with Crippen LogP contribution in [0.5, 0.6) is 5.75 Å². The number of hydrogen-bond donors (Lipinski definition) is 1. The van der Waals surface area contributed by atoms with Crippen molar-refractivity contribution in [1.29, 1.82) is 0 Å². The molecule has 1 aromatic rings. The highest BCUT2D eigenvalue weighted by Crippen LogP contribution is 2.26. The second-order valence-electron chi connectivity index (χ2n) is 5.55. The average Bonchev–Trinajstić information content (AvgIpc) is 2.47. The molecule has 1 amide bonds. The van der Waals surface area contributed by atoms with Crippen LogP contribution < -0.4 is 4.74 Å². The zero-order valence-corrected chi connectivity index (χ0v) is 12.7. The van der Waals surface area contributed by atoms with Gasteiger partial charge in [-0.05, 0) is 38.0 Å². The molecular formula is C16H20FNO4. The highest BCUT2D eigenvalue weighted by atomic mass is 19.1. The van der Waals surface area contributed by atoms with Crippen LogP contribution in [-0.2, 0) is 16.0 Å². The number of benzene rings is 1. The number of nitrogens with zero attached hydrogens (tertiary/aromatic N) is 1. The van der Waals surface area contributed by atoms with Crippen molar-refractivity contribution in [3.05, 3.63) is 29.6 Å². The average molecular weight is 309 g/mol. The van der Waals surface area contributed by atoms with Gasteiger partial charge in [0.15, 0.2) is 0 Å². The van der Waals surface area contributed by atoms with Crippen LogP contribution in [0.4, 0.5) is 4.39 Å². The summed E-state index contributed by atoms with van der Waals surface area (Å²) >= 11 is 0. The molecule has 2 atom stereocenters. The van der Waals surface area contributed by atoms with E-state index in [4.69, 9.17) is 4.74 Å². The molecule has 1 fully saturated rings. The van der Waals surface area contributed by atoms with Crippen LogP contribution >= 0.6 is 0 Å². The fourth-order valence-electron chi connectivity index (χ4n) is 2.98. The lowest BCUT2D eigenvalue weighted by atomic mass is 9.90. The molecule has 120 valence electrons. The number of hydrogen-bond acceptors (Lipinski definition) is 3. The van der Waals surface area contributed by atoms with Gasteiger partial charge >= 0.3 is 5.97 Å². The van der Waals surface area contributed by atoms with Gasteiger partial charge in [0, 0.05) is 18.2 Å². The molecule has 6 heteroatoms.